The molecule has 56 heavy (non-hydrogen) atoms. The molecule has 0 fully saturated rings. The van der Waals surface area contributed by atoms with Crippen LogP contribution in [0.2, 0.25) is 0 Å². The van der Waals surface area contributed by atoms with Crippen molar-refractivity contribution in [2.24, 2.45) is 0 Å². The van der Waals surface area contributed by atoms with Crippen LogP contribution in [0, 0.1) is 0 Å². The smallest absolute Gasteiger partial charge is 0.137 e. The highest BCUT2D eigenvalue weighted by molar-refractivity contribution is 7.25. The average molecular weight is 733 g/mol. The summed E-state index contributed by atoms with van der Waals surface area (Å²) in [6.07, 6.45) is 0. The first-order valence-corrected chi connectivity index (χ1v) is 19.8. The zero-order chi connectivity index (χ0) is 36.7. The summed E-state index contributed by atoms with van der Waals surface area (Å²) in [4.78, 5) is 2.41. The minimum absolute atomic E-state index is 0.868. The summed E-state index contributed by atoms with van der Waals surface area (Å²) < 4.78 is 11.6. The van der Waals surface area contributed by atoms with Gasteiger partial charge < -0.3 is 13.9 Å². The monoisotopic (exact) mass is 732 g/mol. The first kappa shape index (κ1) is 31.2. The van der Waals surface area contributed by atoms with Crippen LogP contribution in [-0.4, -0.2) is 4.57 Å². The molecule has 0 bridgehead atoms. The fourth-order valence-corrected chi connectivity index (χ4v) is 9.91. The van der Waals surface area contributed by atoms with Crippen molar-refractivity contribution < 1.29 is 4.42 Å². The van der Waals surface area contributed by atoms with Crippen molar-refractivity contribution >= 4 is 103 Å². The Balaban J connectivity index is 1.22. The number of hydrogen-bond acceptors (Lipinski definition) is 3. The molecule has 4 heteroatoms. The van der Waals surface area contributed by atoms with E-state index in [-0.39, 0.29) is 0 Å². The molecule has 3 aromatic heterocycles. The minimum Gasteiger partial charge on any atom is -0.456 e. The van der Waals surface area contributed by atoms with Gasteiger partial charge in [-0.15, -0.1) is 11.3 Å². The number of benzene rings is 9. The van der Waals surface area contributed by atoms with Gasteiger partial charge >= 0.3 is 0 Å². The van der Waals surface area contributed by atoms with Gasteiger partial charge in [0.25, 0.3) is 0 Å². The summed E-state index contributed by atoms with van der Waals surface area (Å²) in [5, 5.41) is 9.59. The largest absolute Gasteiger partial charge is 0.456 e. The first-order chi connectivity index (χ1) is 27.8. The van der Waals surface area contributed by atoms with Crippen molar-refractivity contribution in [3.63, 3.8) is 0 Å². The summed E-state index contributed by atoms with van der Waals surface area (Å²) in [6.45, 7) is 0. The number of hydrogen-bond donors (Lipinski definition) is 0. The number of aromatic nitrogens is 1. The Hall–Kier alpha value is -7.14. The van der Waals surface area contributed by atoms with Gasteiger partial charge in [0.2, 0.25) is 0 Å². The molecule has 0 aliphatic carbocycles. The molecule has 0 aliphatic heterocycles. The number of furan rings is 1. The van der Waals surface area contributed by atoms with Gasteiger partial charge in [-0.1, -0.05) is 121 Å². The minimum atomic E-state index is 0.868. The van der Waals surface area contributed by atoms with Gasteiger partial charge in [-0.3, -0.25) is 0 Å². The third kappa shape index (κ3) is 4.70. The standard InChI is InChI=1S/C52H32N2OS/c1-3-13-33(14-4-1)34-23-26-43-45(29-34)54(37-25-28-50-44(31-37)42-20-10-12-22-49(42)56-50)52-39-18-8-7-15-35(39)30-46(51(43)52)53(36-16-5-2-6-17-36)38-24-27-41-40-19-9-11-21-47(40)55-48(41)32-38/h1-32H. The Morgan fingerprint density at radius 1 is 0.429 bits per heavy atom. The number of fused-ring (bicyclic) bond motifs is 11. The van der Waals surface area contributed by atoms with Crippen molar-refractivity contribution in [2.45, 2.75) is 0 Å². The third-order valence-corrected chi connectivity index (χ3v) is 12.5. The van der Waals surface area contributed by atoms with Gasteiger partial charge in [-0.2, -0.15) is 0 Å². The topological polar surface area (TPSA) is 21.3 Å². The van der Waals surface area contributed by atoms with Gasteiger partial charge in [0.1, 0.15) is 11.2 Å². The molecular formula is C52H32N2OS. The molecule has 0 saturated carbocycles. The van der Waals surface area contributed by atoms with Gasteiger partial charge in [0, 0.05) is 70.2 Å². The molecule has 12 rings (SSSR count). The second-order valence-electron chi connectivity index (χ2n) is 14.5. The maximum Gasteiger partial charge on any atom is 0.137 e. The fraction of sp³-hybridized carbons (Fsp3) is 0. The van der Waals surface area contributed by atoms with E-state index in [1.54, 1.807) is 0 Å². The van der Waals surface area contributed by atoms with E-state index >= 15 is 0 Å². The highest BCUT2D eigenvalue weighted by Gasteiger charge is 2.25. The van der Waals surface area contributed by atoms with E-state index in [1.807, 2.05) is 23.5 Å². The van der Waals surface area contributed by atoms with Crippen LogP contribution in [0.15, 0.2) is 199 Å². The predicted molar refractivity (Wildman–Crippen MR) is 239 cm³/mol. The summed E-state index contributed by atoms with van der Waals surface area (Å²) in [5.41, 5.74) is 10.9. The van der Waals surface area contributed by atoms with Crippen LogP contribution in [0.3, 0.4) is 0 Å². The lowest BCUT2D eigenvalue weighted by Gasteiger charge is -2.27. The zero-order valence-corrected chi connectivity index (χ0v) is 31.0. The number of nitrogens with zero attached hydrogens (tertiary/aromatic N) is 2. The van der Waals surface area contributed by atoms with Crippen LogP contribution >= 0.6 is 11.3 Å². The van der Waals surface area contributed by atoms with E-state index in [0.29, 0.717) is 0 Å². The molecule has 3 heterocycles. The Labute approximate surface area is 326 Å². The van der Waals surface area contributed by atoms with Gasteiger partial charge in [0.15, 0.2) is 0 Å². The Morgan fingerprint density at radius 3 is 2.00 bits per heavy atom. The molecule has 0 radical (unpaired) electrons. The van der Waals surface area contributed by atoms with Crippen molar-refractivity contribution in [3.8, 4) is 16.8 Å². The van der Waals surface area contributed by atoms with Crippen molar-refractivity contribution in [1.82, 2.24) is 4.57 Å². The maximum atomic E-state index is 6.49. The lowest BCUT2D eigenvalue weighted by molar-refractivity contribution is 0.669. The number of anilines is 3. The van der Waals surface area contributed by atoms with Crippen LogP contribution < -0.4 is 4.90 Å². The van der Waals surface area contributed by atoms with Crippen LogP contribution in [0.5, 0.6) is 0 Å². The van der Waals surface area contributed by atoms with Crippen LogP contribution in [0.1, 0.15) is 0 Å². The molecule has 0 spiro atoms. The highest BCUT2D eigenvalue weighted by atomic mass is 32.1. The van der Waals surface area contributed by atoms with Crippen molar-refractivity contribution in [3.05, 3.63) is 194 Å². The molecule has 0 atom stereocenters. The summed E-state index contributed by atoms with van der Waals surface area (Å²) in [5.74, 6) is 0. The van der Waals surface area contributed by atoms with E-state index in [1.165, 1.54) is 63.9 Å². The van der Waals surface area contributed by atoms with E-state index in [4.69, 9.17) is 4.42 Å². The number of rotatable bonds is 5. The zero-order valence-electron chi connectivity index (χ0n) is 30.2. The second kappa shape index (κ2) is 12.2. The van der Waals surface area contributed by atoms with Gasteiger partial charge in [-0.05, 0) is 83.2 Å². The summed E-state index contributed by atoms with van der Waals surface area (Å²) in [7, 11) is 0. The number of para-hydroxylation sites is 2. The third-order valence-electron chi connectivity index (χ3n) is 11.3. The Kier molecular flexibility index (Phi) is 6.80. The maximum absolute atomic E-state index is 6.49. The van der Waals surface area contributed by atoms with E-state index in [2.05, 4.69) is 191 Å². The second-order valence-corrected chi connectivity index (χ2v) is 15.6. The van der Waals surface area contributed by atoms with Crippen LogP contribution in [-0.2, 0) is 0 Å². The first-order valence-electron chi connectivity index (χ1n) is 19.0. The predicted octanol–water partition coefficient (Wildman–Crippen LogP) is 15.3. The molecule has 0 unspecified atom stereocenters. The quantitative estimate of drug-likeness (QED) is 0.176. The molecule has 0 amide bonds. The van der Waals surface area contributed by atoms with E-state index in [9.17, 15) is 0 Å². The molecule has 12 aromatic rings. The van der Waals surface area contributed by atoms with Crippen molar-refractivity contribution in [1.29, 1.82) is 0 Å². The molecular weight excluding hydrogens is 701 g/mol. The molecule has 9 aromatic carbocycles. The number of thiophene rings is 1. The lowest BCUT2D eigenvalue weighted by atomic mass is 10.00. The van der Waals surface area contributed by atoms with Gasteiger partial charge in [0.05, 0.1) is 16.7 Å². The molecule has 0 saturated heterocycles. The van der Waals surface area contributed by atoms with E-state index in [0.717, 1.165) is 44.7 Å². The molecule has 262 valence electrons. The van der Waals surface area contributed by atoms with Crippen LogP contribution in [0.25, 0.3) is 91.5 Å². The highest BCUT2D eigenvalue weighted by Crippen LogP contribution is 2.48. The molecule has 0 aliphatic rings. The lowest BCUT2D eigenvalue weighted by Crippen LogP contribution is -2.10. The van der Waals surface area contributed by atoms with Crippen LogP contribution in [0.4, 0.5) is 17.1 Å². The SMILES string of the molecule is c1ccc(-c2ccc3c4c(N(c5ccccc5)c5ccc6c(c5)oc5ccccc56)cc5ccccc5c4n(-c4ccc5sc6ccccc6c5c4)c3c2)cc1. The normalized spacial score (nSPS) is 11.9. The van der Waals surface area contributed by atoms with Gasteiger partial charge in [-0.25, -0.2) is 0 Å². The van der Waals surface area contributed by atoms with E-state index < -0.39 is 0 Å². The summed E-state index contributed by atoms with van der Waals surface area (Å²) in [6, 6.07) is 70.4. The Morgan fingerprint density at radius 2 is 1.12 bits per heavy atom. The average Bonchev–Trinajstić information content (AvgIpc) is 3.93. The summed E-state index contributed by atoms with van der Waals surface area (Å²) >= 11 is 1.86. The molecule has 0 N–H and O–H groups in total. The van der Waals surface area contributed by atoms with Crippen molar-refractivity contribution in [2.75, 3.05) is 4.90 Å². The fourth-order valence-electron chi connectivity index (χ4n) is 8.83. The Bertz CT molecular complexity index is 3480. The molecule has 3 nitrogen and oxygen atoms in total.